The van der Waals surface area contributed by atoms with Gasteiger partial charge >= 0.3 is 6.09 Å². The Bertz CT molecular complexity index is 682. The Morgan fingerprint density at radius 2 is 1.81 bits per heavy atom. The summed E-state index contributed by atoms with van der Waals surface area (Å²) in [5.41, 5.74) is 2.63. The number of hydrogen-bond donors (Lipinski definition) is 0. The molecule has 0 radical (unpaired) electrons. The normalized spacial score (nSPS) is 15.2. The fourth-order valence-electron chi connectivity index (χ4n) is 2.28. The Morgan fingerprint density at radius 3 is 2.48 bits per heavy atom. The van der Waals surface area contributed by atoms with Crippen molar-refractivity contribution < 1.29 is 9.53 Å². The average molecular weight is 300 g/mol. The summed E-state index contributed by atoms with van der Waals surface area (Å²) in [7, 11) is 0. The molecule has 1 amide bonds. The van der Waals surface area contributed by atoms with Crippen molar-refractivity contribution in [3.63, 3.8) is 0 Å². The summed E-state index contributed by atoms with van der Waals surface area (Å²) in [5.74, 6) is 0. The molecule has 1 saturated heterocycles. The number of carbonyl (C=O) groups is 1. The van der Waals surface area contributed by atoms with Gasteiger partial charge in [-0.05, 0) is 23.3 Å². The maximum atomic E-state index is 11.9. The van der Waals surface area contributed by atoms with Crippen LogP contribution in [0.4, 0.5) is 4.79 Å². The number of nitrogens with zero attached hydrogens (tertiary/aromatic N) is 1. The van der Waals surface area contributed by atoms with E-state index in [1.54, 1.807) is 4.90 Å². The molecular weight excluding hydrogens is 286 g/mol. The highest BCUT2D eigenvalue weighted by Gasteiger charge is 2.26. The van der Waals surface area contributed by atoms with E-state index < -0.39 is 0 Å². The molecule has 106 valence electrons. The third-order valence-corrected chi connectivity index (χ3v) is 3.66. The van der Waals surface area contributed by atoms with Crippen LogP contribution in [0.2, 0.25) is 5.02 Å². The van der Waals surface area contributed by atoms with Crippen molar-refractivity contribution in [1.29, 1.82) is 0 Å². The number of halogens is 1. The van der Waals surface area contributed by atoms with Gasteiger partial charge in [-0.2, -0.15) is 0 Å². The minimum atomic E-state index is -0.322. The lowest BCUT2D eigenvalue weighted by atomic mass is 10.1. The smallest absolute Gasteiger partial charge is 0.414 e. The topological polar surface area (TPSA) is 29.5 Å². The van der Waals surface area contributed by atoms with Gasteiger partial charge in [-0.25, -0.2) is 4.79 Å². The third-order valence-electron chi connectivity index (χ3n) is 3.32. The van der Waals surface area contributed by atoms with Gasteiger partial charge in [0.25, 0.3) is 0 Å². The molecule has 1 aliphatic rings. The maximum Gasteiger partial charge on any atom is 0.414 e. The first-order chi connectivity index (χ1) is 10.3. The highest BCUT2D eigenvalue weighted by molar-refractivity contribution is 6.32. The number of rotatable bonds is 3. The van der Waals surface area contributed by atoms with Crippen molar-refractivity contribution in [3.05, 3.63) is 70.7 Å². The van der Waals surface area contributed by atoms with Crippen LogP contribution in [0.25, 0.3) is 11.8 Å². The lowest BCUT2D eigenvalue weighted by Gasteiger charge is -2.18. The van der Waals surface area contributed by atoms with Crippen LogP contribution < -0.4 is 0 Å². The second kappa shape index (κ2) is 6.02. The maximum absolute atomic E-state index is 11.9. The highest BCUT2D eigenvalue weighted by Crippen LogP contribution is 2.27. The van der Waals surface area contributed by atoms with Crippen LogP contribution in [0.15, 0.2) is 54.6 Å². The molecule has 21 heavy (non-hydrogen) atoms. The second-order valence-corrected chi connectivity index (χ2v) is 5.09. The summed E-state index contributed by atoms with van der Waals surface area (Å²) in [5, 5.41) is 0.651. The second-order valence-electron chi connectivity index (χ2n) is 4.68. The molecule has 2 aromatic carbocycles. The first-order valence-corrected chi connectivity index (χ1v) is 7.09. The third kappa shape index (κ3) is 2.93. The van der Waals surface area contributed by atoms with E-state index in [-0.39, 0.29) is 6.09 Å². The Hall–Kier alpha value is -2.26. The molecule has 0 aliphatic carbocycles. The van der Waals surface area contributed by atoms with Crippen molar-refractivity contribution in [2.45, 2.75) is 0 Å². The number of cyclic esters (lactones) is 1. The molecule has 1 fully saturated rings. The average Bonchev–Trinajstić information content (AvgIpc) is 2.93. The molecule has 4 heteroatoms. The summed E-state index contributed by atoms with van der Waals surface area (Å²) < 4.78 is 5.05. The van der Waals surface area contributed by atoms with Crippen molar-refractivity contribution in [1.82, 2.24) is 4.90 Å². The number of carbonyl (C=O) groups excluding carboxylic acids is 1. The molecule has 0 bridgehead atoms. The number of hydrogen-bond acceptors (Lipinski definition) is 2. The van der Waals surface area contributed by atoms with Gasteiger partial charge < -0.3 is 4.74 Å². The van der Waals surface area contributed by atoms with Crippen molar-refractivity contribution >= 4 is 29.5 Å². The van der Waals surface area contributed by atoms with Gasteiger partial charge in [-0.1, -0.05) is 60.1 Å². The monoisotopic (exact) mass is 299 g/mol. The number of benzene rings is 2. The molecule has 0 spiro atoms. The minimum Gasteiger partial charge on any atom is -0.447 e. The van der Waals surface area contributed by atoms with Crippen LogP contribution >= 0.6 is 11.6 Å². The molecule has 1 aliphatic heterocycles. The first-order valence-electron chi connectivity index (χ1n) is 6.71. The van der Waals surface area contributed by atoms with Gasteiger partial charge in [0.1, 0.15) is 6.61 Å². The minimum absolute atomic E-state index is 0.322. The van der Waals surface area contributed by atoms with Gasteiger partial charge in [0.15, 0.2) is 0 Å². The predicted octanol–water partition coefficient (Wildman–Crippen LogP) is 4.29. The Morgan fingerprint density at radius 1 is 1.10 bits per heavy atom. The van der Waals surface area contributed by atoms with E-state index in [9.17, 15) is 4.79 Å². The van der Waals surface area contributed by atoms with Gasteiger partial charge in [-0.3, -0.25) is 4.90 Å². The zero-order valence-electron chi connectivity index (χ0n) is 11.3. The molecule has 0 atom stereocenters. The fourth-order valence-corrected chi connectivity index (χ4v) is 2.47. The Labute approximate surface area is 128 Å². The van der Waals surface area contributed by atoms with E-state index in [4.69, 9.17) is 16.3 Å². The van der Waals surface area contributed by atoms with Crippen molar-refractivity contribution in [3.8, 4) is 0 Å². The van der Waals surface area contributed by atoms with E-state index >= 15 is 0 Å². The molecule has 1 heterocycles. The first kappa shape index (κ1) is 13.7. The molecule has 3 nitrogen and oxygen atoms in total. The lowest BCUT2D eigenvalue weighted by molar-refractivity contribution is 0.167. The SMILES string of the molecule is O=C1OCCN1/C(=C\c1ccccc1Cl)c1ccccc1. The van der Waals surface area contributed by atoms with Crippen molar-refractivity contribution in [2.24, 2.45) is 0 Å². The molecular formula is C17H14ClNO2. The quantitative estimate of drug-likeness (QED) is 0.791. The van der Waals surface area contributed by atoms with Crippen LogP contribution in [-0.4, -0.2) is 24.1 Å². The van der Waals surface area contributed by atoms with Crippen LogP contribution in [0.1, 0.15) is 11.1 Å². The number of ether oxygens (including phenoxy) is 1. The molecule has 0 N–H and O–H groups in total. The van der Waals surface area contributed by atoms with Gasteiger partial charge in [-0.15, -0.1) is 0 Å². The van der Waals surface area contributed by atoms with Crippen LogP contribution in [0.3, 0.4) is 0 Å². The molecule has 0 aromatic heterocycles. The van der Waals surface area contributed by atoms with E-state index in [0.717, 1.165) is 16.8 Å². The Balaban J connectivity index is 2.08. The standard InChI is InChI=1S/C17H14ClNO2/c18-15-9-5-4-8-14(15)12-16(13-6-2-1-3-7-13)19-10-11-21-17(19)20/h1-9,12H,10-11H2/b16-12-. The van der Waals surface area contributed by atoms with Gasteiger partial charge in [0.05, 0.1) is 12.2 Å². The summed E-state index contributed by atoms with van der Waals surface area (Å²) in [6.07, 6.45) is 1.60. The van der Waals surface area contributed by atoms with Gasteiger partial charge in [0.2, 0.25) is 0 Å². The van der Waals surface area contributed by atoms with Crippen LogP contribution in [0.5, 0.6) is 0 Å². The van der Waals surface area contributed by atoms with Crippen LogP contribution in [0, 0.1) is 0 Å². The molecule has 3 rings (SSSR count). The predicted molar refractivity (Wildman–Crippen MR) is 83.8 cm³/mol. The van der Waals surface area contributed by atoms with E-state index in [1.165, 1.54) is 0 Å². The summed E-state index contributed by atoms with van der Waals surface area (Å²) in [4.78, 5) is 13.5. The van der Waals surface area contributed by atoms with E-state index in [1.807, 2.05) is 60.7 Å². The fraction of sp³-hybridized carbons (Fsp3) is 0.118. The summed E-state index contributed by atoms with van der Waals surface area (Å²) in [6.45, 7) is 0.954. The van der Waals surface area contributed by atoms with E-state index in [0.29, 0.717) is 18.2 Å². The van der Waals surface area contributed by atoms with E-state index in [2.05, 4.69) is 0 Å². The highest BCUT2D eigenvalue weighted by atomic mass is 35.5. The molecule has 0 unspecified atom stereocenters. The van der Waals surface area contributed by atoms with Crippen LogP contribution in [-0.2, 0) is 4.74 Å². The molecule has 0 saturated carbocycles. The Kier molecular flexibility index (Phi) is 3.93. The zero-order chi connectivity index (χ0) is 14.7. The lowest BCUT2D eigenvalue weighted by Crippen LogP contribution is -2.22. The van der Waals surface area contributed by atoms with Crippen molar-refractivity contribution in [2.75, 3.05) is 13.2 Å². The summed E-state index contributed by atoms with van der Waals surface area (Å²) in [6, 6.07) is 17.3. The number of amides is 1. The largest absolute Gasteiger partial charge is 0.447 e. The molecule has 2 aromatic rings. The summed E-state index contributed by atoms with van der Waals surface area (Å²) >= 11 is 6.22. The van der Waals surface area contributed by atoms with Gasteiger partial charge in [0, 0.05) is 5.02 Å². The zero-order valence-corrected chi connectivity index (χ0v) is 12.1.